The highest BCUT2D eigenvalue weighted by atomic mass is 16.6. The van der Waals surface area contributed by atoms with Gasteiger partial charge in [-0.25, -0.2) is 9.59 Å². The fraction of sp³-hybridized carbons (Fsp3) is 0.333. The summed E-state index contributed by atoms with van der Waals surface area (Å²) >= 11 is 0. The Kier molecular flexibility index (Phi) is 6.03. The number of hydrogen-bond donors (Lipinski definition) is 0. The van der Waals surface area contributed by atoms with E-state index in [2.05, 4.69) is 0 Å². The van der Waals surface area contributed by atoms with Crippen LogP contribution in [-0.2, 0) is 14.3 Å². The van der Waals surface area contributed by atoms with Crippen LogP contribution in [0.3, 0.4) is 0 Å². The van der Waals surface area contributed by atoms with Crippen LogP contribution < -0.4 is 4.90 Å². The number of ether oxygens (including phenoxy) is 2. The maximum Gasteiger partial charge on any atom is 0.415 e. The molecule has 0 saturated heterocycles. The van der Waals surface area contributed by atoms with E-state index in [9.17, 15) is 9.59 Å². The van der Waals surface area contributed by atoms with Crippen molar-refractivity contribution in [3.63, 3.8) is 0 Å². The first-order chi connectivity index (χ1) is 12.2. The third-order valence-corrected chi connectivity index (χ3v) is 3.77. The van der Waals surface area contributed by atoms with E-state index in [0.29, 0.717) is 5.69 Å². The molecule has 26 heavy (non-hydrogen) atoms. The largest absolute Gasteiger partial charge is 0.467 e. The topological polar surface area (TPSA) is 55.8 Å². The van der Waals surface area contributed by atoms with Crippen molar-refractivity contribution in [1.82, 2.24) is 0 Å². The summed E-state index contributed by atoms with van der Waals surface area (Å²) in [6, 6.07) is 16.3. The summed E-state index contributed by atoms with van der Waals surface area (Å²) in [4.78, 5) is 26.4. The summed E-state index contributed by atoms with van der Waals surface area (Å²) in [6.45, 7) is 6.98. The Balaban J connectivity index is 2.56. The van der Waals surface area contributed by atoms with Gasteiger partial charge in [0.05, 0.1) is 12.8 Å². The lowest BCUT2D eigenvalue weighted by molar-refractivity contribution is -0.141. The van der Waals surface area contributed by atoms with Crippen LogP contribution in [0.15, 0.2) is 54.6 Å². The summed E-state index contributed by atoms with van der Waals surface area (Å²) < 4.78 is 10.4. The molecule has 0 aliphatic carbocycles. The quantitative estimate of drug-likeness (QED) is 0.749. The van der Waals surface area contributed by atoms with Gasteiger partial charge in [0.25, 0.3) is 0 Å². The zero-order chi connectivity index (χ0) is 19.3. The molecule has 0 heterocycles. The summed E-state index contributed by atoms with van der Waals surface area (Å²) in [5.41, 5.74) is 1.67. The van der Waals surface area contributed by atoms with E-state index in [-0.39, 0.29) is 0 Å². The first-order valence-corrected chi connectivity index (χ1v) is 8.49. The molecule has 2 aromatic rings. The van der Waals surface area contributed by atoms with Gasteiger partial charge in [-0.15, -0.1) is 0 Å². The number of carbonyl (C=O) groups excluding carboxylic acids is 2. The molecule has 5 nitrogen and oxygen atoms in total. The van der Waals surface area contributed by atoms with Gasteiger partial charge in [0.2, 0.25) is 0 Å². The molecule has 0 bridgehead atoms. The van der Waals surface area contributed by atoms with Gasteiger partial charge in [-0.2, -0.15) is 0 Å². The molecule has 2 aromatic carbocycles. The number of hydrogen-bond acceptors (Lipinski definition) is 4. The monoisotopic (exact) mass is 355 g/mol. The average molecular weight is 355 g/mol. The lowest BCUT2D eigenvalue weighted by atomic mass is 10.0. The molecule has 5 heteroatoms. The lowest BCUT2D eigenvalue weighted by Crippen LogP contribution is -2.46. The highest BCUT2D eigenvalue weighted by Crippen LogP contribution is 2.33. The van der Waals surface area contributed by atoms with Crippen molar-refractivity contribution < 1.29 is 19.1 Å². The fourth-order valence-corrected chi connectivity index (χ4v) is 2.60. The Bertz CT molecular complexity index is 765. The van der Waals surface area contributed by atoms with E-state index in [4.69, 9.17) is 9.47 Å². The lowest BCUT2D eigenvalue weighted by Gasteiger charge is -2.31. The molecule has 138 valence electrons. The number of para-hydroxylation sites is 1. The second-order valence-electron chi connectivity index (χ2n) is 6.93. The molecule has 0 fully saturated rings. The predicted molar refractivity (Wildman–Crippen MR) is 102 cm³/mol. The van der Waals surface area contributed by atoms with E-state index < -0.39 is 23.7 Å². The second-order valence-corrected chi connectivity index (χ2v) is 6.93. The Hall–Kier alpha value is -2.82. The SMILES string of the molecule is COC(=O)C(C)N(C(=O)OC(C)(C)C)c1ccccc1-c1ccccc1. The van der Waals surface area contributed by atoms with Gasteiger partial charge in [0.1, 0.15) is 11.6 Å². The standard InChI is InChI=1S/C21H25NO4/c1-15(19(23)25-5)22(20(24)26-21(2,3)4)18-14-10-9-13-17(18)16-11-7-6-8-12-16/h6-15H,1-5H3. The molecule has 0 radical (unpaired) electrons. The molecular weight excluding hydrogens is 330 g/mol. The third-order valence-electron chi connectivity index (χ3n) is 3.77. The minimum absolute atomic E-state index is 0.515. The van der Waals surface area contributed by atoms with Gasteiger partial charge in [0.15, 0.2) is 0 Å². The summed E-state index contributed by atoms with van der Waals surface area (Å²) in [5, 5.41) is 0. The maximum atomic E-state index is 12.9. The van der Waals surface area contributed by atoms with Crippen molar-refractivity contribution in [3.05, 3.63) is 54.6 Å². The number of nitrogens with zero attached hydrogens (tertiary/aromatic N) is 1. The second kappa shape index (κ2) is 8.04. The number of rotatable bonds is 4. The zero-order valence-corrected chi connectivity index (χ0v) is 15.9. The summed E-state index contributed by atoms with van der Waals surface area (Å²) in [6.07, 6.45) is -0.598. The van der Waals surface area contributed by atoms with Crippen LogP contribution >= 0.6 is 0 Å². The Morgan fingerprint density at radius 2 is 1.54 bits per heavy atom. The molecule has 1 unspecified atom stereocenters. The Morgan fingerprint density at radius 1 is 0.962 bits per heavy atom. The first-order valence-electron chi connectivity index (χ1n) is 8.49. The predicted octanol–water partition coefficient (Wildman–Crippen LogP) is 4.66. The molecule has 0 saturated carbocycles. The highest BCUT2D eigenvalue weighted by Gasteiger charge is 2.33. The molecule has 1 amide bonds. The first kappa shape index (κ1) is 19.5. The van der Waals surface area contributed by atoms with Crippen molar-refractivity contribution >= 4 is 17.7 Å². The number of methoxy groups -OCH3 is 1. The number of amides is 1. The van der Waals surface area contributed by atoms with Crippen molar-refractivity contribution in [2.24, 2.45) is 0 Å². The van der Waals surface area contributed by atoms with E-state index in [1.165, 1.54) is 12.0 Å². The van der Waals surface area contributed by atoms with Crippen molar-refractivity contribution in [3.8, 4) is 11.1 Å². The molecule has 0 aliphatic rings. The fourth-order valence-electron chi connectivity index (χ4n) is 2.60. The van der Waals surface area contributed by atoms with Gasteiger partial charge >= 0.3 is 12.1 Å². The van der Waals surface area contributed by atoms with Crippen LogP contribution in [0.1, 0.15) is 27.7 Å². The van der Waals surface area contributed by atoms with Crippen LogP contribution in [0.25, 0.3) is 11.1 Å². The van der Waals surface area contributed by atoms with Crippen LogP contribution in [0.2, 0.25) is 0 Å². The molecule has 0 aliphatic heterocycles. The van der Waals surface area contributed by atoms with Crippen molar-refractivity contribution in [2.45, 2.75) is 39.3 Å². The van der Waals surface area contributed by atoms with Gasteiger partial charge < -0.3 is 9.47 Å². The van der Waals surface area contributed by atoms with Crippen LogP contribution in [0.5, 0.6) is 0 Å². The smallest absolute Gasteiger partial charge is 0.415 e. The Morgan fingerprint density at radius 3 is 2.12 bits per heavy atom. The summed E-state index contributed by atoms with van der Waals surface area (Å²) in [7, 11) is 1.30. The average Bonchev–Trinajstić information content (AvgIpc) is 2.60. The van der Waals surface area contributed by atoms with E-state index in [1.807, 2.05) is 48.5 Å². The van der Waals surface area contributed by atoms with Crippen LogP contribution in [-0.4, -0.2) is 30.8 Å². The number of benzene rings is 2. The third kappa shape index (κ3) is 4.63. The Labute approximate surface area is 154 Å². The number of anilines is 1. The van der Waals surface area contributed by atoms with Crippen LogP contribution in [0, 0.1) is 0 Å². The minimum Gasteiger partial charge on any atom is -0.467 e. The summed E-state index contributed by atoms with van der Waals surface area (Å²) in [5.74, 6) is -0.515. The molecule has 0 spiro atoms. The molecule has 1 atom stereocenters. The normalized spacial score (nSPS) is 12.2. The number of carbonyl (C=O) groups is 2. The van der Waals surface area contributed by atoms with Gasteiger partial charge in [-0.3, -0.25) is 4.90 Å². The zero-order valence-electron chi connectivity index (χ0n) is 15.9. The van der Waals surface area contributed by atoms with Crippen molar-refractivity contribution in [2.75, 3.05) is 12.0 Å². The molecule has 0 aromatic heterocycles. The van der Waals surface area contributed by atoms with Gasteiger partial charge in [-0.1, -0.05) is 48.5 Å². The van der Waals surface area contributed by atoms with E-state index in [0.717, 1.165) is 11.1 Å². The molecule has 0 N–H and O–H groups in total. The van der Waals surface area contributed by atoms with Gasteiger partial charge in [-0.05, 0) is 39.3 Å². The number of esters is 1. The van der Waals surface area contributed by atoms with E-state index in [1.54, 1.807) is 33.8 Å². The maximum absolute atomic E-state index is 12.9. The van der Waals surface area contributed by atoms with E-state index >= 15 is 0 Å². The minimum atomic E-state index is -0.834. The highest BCUT2D eigenvalue weighted by molar-refractivity contribution is 5.99. The molecule has 2 rings (SSSR count). The van der Waals surface area contributed by atoms with Crippen LogP contribution in [0.4, 0.5) is 10.5 Å². The molecular formula is C21H25NO4. The van der Waals surface area contributed by atoms with Crippen molar-refractivity contribution in [1.29, 1.82) is 0 Å². The van der Waals surface area contributed by atoms with Gasteiger partial charge in [0, 0.05) is 5.56 Å².